The van der Waals surface area contributed by atoms with E-state index in [4.69, 9.17) is 0 Å². The summed E-state index contributed by atoms with van der Waals surface area (Å²) in [6.45, 7) is 0.251. The Bertz CT molecular complexity index is 680. The average Bonchev–Trinajstić information content (AvgIpc) is 2.98. The first kappa shape index (κ1) is 20.2. The molecule has 0 spiro atoms. The van der Waals surface area contributed by atoms with Gasteiger partial charge in [0.2, 0.25) is 15.9 Å². The van der Waals surface area contributed by atoms with Crippen LogP contribution < -0.4 is 15.4 Å². The van der Waals surface area contributed by atoms with E-state index < -0.39 is 10.0 Å². The van der Waals surface area contributed by atoms with Gasteiger partial charge < -0.3 is 10.6 Å². The van der Waals surface area contributed by atoms with Crippen LogP contribution in [0.2, 0.25) is 0 Å². The molecule has 3 atom stereocenters. The van der Waals surface area contributed by atoms with Gasteiger partial charge in [-0.25, -0.2) is 13.1 Å². The van der Waals surface area contributed by atoms with E-state index in [0.717, 1.165) is 23.9 Å². The van der Waals surface area contributed by atoms with E-state index >= 15 is 0 Å². The number of halogens is 1. The lowest BCUT2D eigenvalue weighted by molar-refractivity contribution is -0.117. The fourth-order valence-corrected chi connectivity index (χ4v) is 4.10. The number of anilines is 1. The van der Waals surface area contributed by atoms with Gasteiger partial charge in [0.25, 0.3) is 0 Å². The van der Waals surface area contributed by atoms with Crippen LogP contribution >= 0.6 is 12.4 Å². The van der Waals surface area contributed by atoms with Gasteiger partial charge in [0, 0.05) is 18.3 Å². The fraction of sp³-hybridized carbons (Fsp3) is 0.588. The van der Waals surface area contributed by atoms with E-state index in [1.54, 1.807) is 12.1 Å². The molecule has 3 N–H and O–H groups in total. The van der Waals surface area contributed by atoms with Crippen molar-refractivity contribution < 1.29 is 13.2 Å². The minimum atomic E-state index is -3.20. The lowest BCUT2D eigenvalue weighted by Crippen LogP contribution is -2.39. The first-order valence-electron chi connectivity index (χ1n) is 8.51. The molecule has 140 valence electrons. The van der Waals surface area contributed by atoms with Gasteiger partial charge >= 0.3 is 0 Å². The summed E-state index contributed by atoms with van der Waals surface area (Å²) in [5.74, 6) is 0.658. The van der Waals surface area contributed by atoms with Gasteiger partial charge in [-0.1, -0.05) is 25.0 Å². The fourth-order valence-electron chi connectivity index (χ4n) is 3.67. The lowest BCUT2D eigenvalue weighted by Gasteiger charge is -2.24. The topological polar surface area (TPSA) is 87.3 Å². The molecule has 1 aliphatic carbocycles. The largest absolute Gasteiger partial charge is 0.325 e. The molecule has 1 aromatic carbocycles. The van der Waals surface area contributed by atoms with E-state index in [2.05, 4.69) is 15.4 Å². The molecule has 3 unspecified atom stereocenters. The van der Waals surface area contributed by atoms with Crippen LogP contribution in [0.3, 0.4) is 0 Å². The highest BCUT2D eigenvalue weighted by Gasteiger charge is 2.38. The number of amides is 1. The molecular formula is C17H26ClN3O3S. The van der Waals surface area contributed by atoms with Crippen LogP contribution in [0.25, 0.3) is 0 Å². The van der Waals surface area contributed by atoms with Gasteiger partial charge in [-0.15, -0.1) is 12.4 Å². The van der Waals surface area contributed by atoms with Crippen molar-refractivity contribution in [3.63, 3.8) is 0 Å². The molecule has 8 heteroatoms. The monoisotopic (exact) mass is 387 g/mol. The molecule has 0 bridgehead atoms. The second kappa shape index (κ2) is 8.49. The number of benzene rings is 1. The Labute approximate surface area is 155 Å². The summed E-state index contributed by atoms with van der Waals surface area (Å²) in [4.78, 5) is 12.4. The molecule has 2 aliphatic rings. The Kier molecular flexibility index (Phi) is 6.85. The molecule has 1 saturated heterocycles. The van der Waals surface area contributed by atoms with E-state index in [0.29, 0.717) is 12.0 Å². The normalized spacial score (nSPS) is 25.7. The second-order valence-corrected chi connectivity index (χ2v) is 8.72. The molecule has 25 heavy (non-hydrogen) atoms. The summed E-state index contributed by atoms with van der Waals surface area (Å²) in [7, 11) is -3.20. The summed E-state index contributed by atoms with van der Waals surface area (Å²) in [5.41, 5.74) is 1.59. The SMILES string of the molecule is CS(=O)(=O)NCc1ccc(NC(=O)C2CC3CCCCC3N2)cc1.Cl. The van der Waals surface area contributed by atoms with Crippen LogP contribution in [-0.4, -0.2) is 32.7 Å². The zero-order chi connectivity index (χ0) is 17.2. The van der Waals surface area contributed by atoms with Crippen molar-refractivity contribution in [3.05, 3.63) is 29.8 Å². The number of fused-ring (bicyclic) bond motifs is 1. The number of nitrogens with one attached hydrogen (secondary N) is 3. The molecular weight excluding hydrogens is 362 g/mol. The second-order valence-electron chi connectivity index (χ2n) is 6.89. The Morgan fingerprint density at radius 2 is 1.88 bits per heavy atom. The van der Waals surface area contributed by atoms with Crippen LogP contribution in [0.4, 0.5) is 5.69 Å². The van der Waals surface area contributed by atoms with Crippen LogP contribution in [0.1, 0.15) is 37.7 Å². The Morgan fingerprint density at radius 3 is 2.52 bits per heavy atom. The van der Waals surface area contributed by atoms with Crippen LogP contribution in [-0.2, 0) is 21.4 Å². The smallest absolute Gasteiger partial charge is 0.241 e. The molecule has 2 fully saturated rings. The maximum Gasteiger partial charge on any atom is 0.241 e. The van der Waals surface area contributed by atoms with E-state index in [1.807, 2.05) is 12.1 Å². The van der Waals surface area contributed by atoms with Crippen molar-refractivity contribution in [3.8, 4) is 0 Å². The summed E-state index contributed by atoms with van der Waals surface area (Å²) < 4.78 is 24.6. The minimum Gasteiger partial charge on any atom is -0.325 e. The molecule has 0 aromatic heterocycles. The van der Waals surface area contributed by atoms with Gasteiger partial charge in [0.15, 0.2) is 0 Å². The average molecular weight is 388 g/mol. The summed E-state index contributed by atoms with van der Waals surface area (Å²) in [6, 6.07) is 7.63. The maximum absolute atomic E-state index is 12.4. The van der Waals surface area contributed by atoms with Crippen molar-refractivity contribution in [1.29, 1.82) is 0 Å². The molecule has 1 aliphatic heterocycles. The van der Waals surface area contributed by atoms with Crippen molar-refractivity contribution in [1.82, 2.24) is 10.0 Å². The summed E-state index contributed by atoms with van der Waals surface area (Å²) >= 11 is 0. The number of hydrogen-bond acceptors (Lipinski definition) is 4. The highest BCUT2D eigenvalue weighted by molar-refractivity contribution is 7.88. The molecule has 1 aromatic rings. The number of hydrogen-bond donors (Lipinski definition) is 3. The van der Waals surface area contributed by atoms with Crippen molar-refractivity contribution in [2.45, 2.75) is 50.7 Å². The molecule has 3 rings (SSSR count). The molecule has 0 radical (unpaired) electrons. The van der Waals surface area contributed by atoms with Crippen LogP contribution in [0.15, 0.2) is 24.3 Å². The van der Waals surface area contributed by atoms with Crippen LogP contribution in [0, 0.1) is 5.92 Å². The number of sulfonamides is 1. The van der Waals surface area contributed by atoms with Gasteiger partial charge in [0.05, 0.1) is 12.3 Å². The van der Waals surface area contributed by atoms with E-state index in [9.17, 15) is 13.2 Å². The number of carbonyl (C=O) groups excluding carboxylic acids is 1. The van der Waals surface area contributed by atoms with Gasteiger partial charge in [-0.05, 0) is 42.9 Å². The maximum atomic E-state index is 12.4. The molecule has 1 heterocycles. The van der Waals surface area contributed by atoms with Crippen molar-refractivity contribution in [2.24, 2.45) is 5.92 Å². The van der Waals surface area contributed by atoms with Gasteiger partial charge in [0.1, 0.15) is 0 Å². The van der Waals surface area contributed by atoms with Crippen molar-refractivity contribution >= 4 is 34.0 Å². The van der Waals surface area contributed by atoms with Gasteiger partial charge in [-0.3, -0.25) is 4.79 Å². The summed E-state index contributed by atoms with van der Waals surface area (Å²) in [6.07, 6.45) is 6.99. The van der Waals surface area contributed by atoms with Gasteiger partial charge in [-0.2, -0.15) is 0 Å². The third kappa shape index (κ3) is 5.67. The van der Waals surface area contributed by atoms with Crippen molar-refractivity contribution in [2.75, 3.05) is 11.6 Å². The third-order valence-electron chi connectivity index (χ3n) is 4.94. The number of carbonyl (C=O) groups is 1. The Hall–Kier alpha value is -1.15. The van der Waals surface area contributed by atoms with E-state index in [-0.39, 0.29) is 30.9 Å². The lowest BCUT2D eigenvalue weighted by atomic mass is 9.85. The molecule has 1 saturated carbocycles. The van der Waals surface area contributed by atoms with E-state index in [1.165, 1.54) is 25.7 Å². The highest BCUT2D eigenvalue weighted by Crippen LogP contribution is 2.33. The first-order valence-corrected chi connectivity index (χ1v) is 10.4. The third-order valence-corrected chi connectivity index (χ3v) is 5.61. The summed E-state index contributed by atoms with van der Waals surface area (Å²) in [5, 5.41) is 6.43. The minimum absolute atomic E-state index is 0. The highest BCUT2D eigenvalue weighted by atomic mass is 35.5. The predicted octanol–water partition coefficient (Wildman–Crippen LogP) is 2.02. The quantitative estimate of drug-likeness (QED) is 0.721. The molecule has 1 amide bonds. The van der Waals surface area contributed by atoms with Crippen LogP contribution in [0.5, 0.6) is 0 Å². The number of rotatable bonds is 5. The zero-order valence-electron chi connectivity index (χ0n) is 14.3. The first-order chi connectivity index (χ1) is 11.4. The molecule has 6 nitrogen and oxygen atoms in total. The predicted molar refractivity (Wildman–Crippen MR) is 101 cm³/mol. The zero-order valence-corrected chi connectivity index (χ0v) is 16.0. The Morgan fingerprint density at radius 1 is 1.20 bits per heavy atom. The Balaban J connectivity index is 0.00000225. The standard InChI is InChI=1S/C17H25N3O3S.ClH/c1-24(22,23)18-11-12-6-8-14(9-7-12)19-17(21)16-10-13-4-2-3-5-15(13)20-16;/h6-9,13,15-16,18,20H,2-5,10-11H2,1H3,(H,19,21);1H.